The van der Waals surface area contributed by atoms with Crippen molar-refractivity contribution in [1.82, 2.24) is 0 Å². The molecule has 0 aromatic rings. The quantitative estimate of drug-likeness (QED) is 0.687. The first-order valence-corrected chi connectivity index (χ1v) is 5.17. The predicted octanol–water partition coefficient (Wildman–Crippen LogP) is 2.05. The SMILES string of the molecule is CCCCOC1CCC(O)C(F)C1. The fourth-order valence-corrected chi connectivity index (χ4v) is 1.61. The van der Waals surface area contributed by atoms with Crippen molar-refractivity contribution in [2.24, 2.45) is 0 Å². The van der Waals surface area contributed by atoms with E-state index >= 15 is 0 Å². The van der Waals surface area contributed by atoms with Gasteiger partial charge in [-0.05, 0) is 19.3 Å². The second-order valence-corrected chi connectivity index (χ2v) is 3.74. The van der Waals surface area contributed by atoms with Crippen LogP contribution >= 0.6 is 0 Å². The Morgan fingerprint density at radius 2 is 2.23 bits per heavy atom. The van der Waals surface area contributed by atoms with E-state index in [2.05, 4.69) is 6.92 Å². The van der Waals surface area contributed by atoms with Crippen molar-refractivity contribution < 1.29 is 14.2 Å². The fourth-order valence-electron chi connectivity index (χ4n) is 1.61. The summed E-state index contributed by atoms with van der Waals surface area (Å²) in [6.07, 6.45) is 2.04. The lowest BCUT2D eigenvalue weighted by molar-refractivity contribution is -0.0441. The molecule has 1 fully saturated rings. The third kappa shape index (κ3) is 3.61. The maximum atomic E-state index is 13.0. The molecular weight excluding hydrogens is 171 g/mol. The summed E-state index contributed by atoms with van der Waals surface area (Å²) in [4.78, 5) is 0. The molecule has 0 bridgehead atoms. The number of ether oxygens (including phenoxy) is 1. The number of hydrogen-bond acceptors (Lipinski definition) is 2. The third-order valence-corrected chi connectivity index (χ3v) is 2.54. The van der Waals surface area contributed by atoms with Crippen LogP contribution in [-0.2, 0) is 4.74 Å². The zero-order valence-corrected chi connectivity index (χ0v) is 8.21. The van der Waals surface area contributed by atoms with Crippen LogP contribution in [0, 0.1) is 0 Å². The normalized spacial score (nSPS) is 34.8. The Labute approximate surface area is 79.1 Å². The number of aliphatic hydroxyl groups excluding tert-OH is 1. The molecular formula is C10H19FO2. The molecule has 3 unspecified atom stereocenters. The minimum absolute atomic E-state index is 0.0324. The summed E-state index contributed by atoms with van der Waals surface area (Å²) in [5, 5.41) is 9.14. The highest BCUT2D eigenvalue weighted by atomic mass is 19.1. The van der Waals surface area contributed by atoms with E-state index in [9.17, 15) is 4.39 Å². The summed E-state index contributed by atoms with van der Waals surface area (Å²) < 4.78 is 18.5. The number of unbranched alkanes of at least 4 members (excludes halogenated alkanes) is 1. The number of aliphatic hydroxyl groups is 1. The monoisotopic (exact) mass is 190 g/mol. The van der Waals surface area contributed by atoms with Gasteiger partial charge in [-0.3, -0.25) is 0 Å². The molecule has 13 heavy (non-hydrogen) atoms. The number of hydrogen-bond donors (Lipinski definition) is 1. The molecule has 3 heteroatoms. The van der Waals surface area contributed by atoms with E-state index in [1.165, 1.54) is 0 Å². The molecule has 78 valence electrons. The van der Waals surface area contributed by atoms with E-state index in [1.54, 1.807) is 0 Å². The molecule has 0 aromatic carbocycles. The largest absolute Gasteiger partial charge is 0.390 e. The van der Waals surface area contributed by atoms with Crippen molar-refractivity contribution in [2.75, 3.05) is 6.61 Å². The molecule has 0 spiro atoms. The standard InChI is InChI=1S/C10H19FO2/c1-2-3-6-13-8-4-5-10(12)9(11)7-8/h8-10,12H,2-7H2,1H3. The van der Waals surface area contributed by atoms with Crippen molar-refractivity contribution in [3.63, 3.8) is 0 Å². The second-order valence-electron chi connectivity index (χ2n) is 3.74. The maximum absolute atomic E-state index is 13.0. The van der Waals surface area contributed by atoms with Crippen LogP contribution in [0.4, 0.5) is 4.39 Å². The van der Waals surface area contributed by atoms with Gasteiger partial charge in [-0.15, -0.1) is 0 Å². The van der Waals surface area contributed by atoms with Crippen LogP contribution in [-0.4, -0.2) is 30.1 Å². The van der Waals surface area contributed by atoms with E-state index in [1.807, 2.05) is 0 Å². The van der Waals surface area contributed by atoms with E-state index in [0.29, 0.717) is 12.8 Å². The van der Waals surface area contributed by atoms with Gasteiger partial charge in [0.25, 0.3) is 0 Å². The third-order valence-electron chi connectivity index (χ3n) is 2.54. The molecule has 0 aliphatic heterocycles. The molecule has 0 aromatic heterocycles. The Morgan fingerprint density at radius 1 is 1.46 bits per heavy atom. The highest BCUT2D eigenvalue weighted by Gasteiger charge is 2.29. The number of alkyl halides is 1. The van der Waals surface area contributed by atoms with Gasteiger partial charge >= 0.3 is 0 Å². The van der Waals surface area contributed by atoms with Crippen molar-refractivity contribution in [3.8, 4) is 0 Å². The first-order valence-electron chi connectivity index (χ1n) is 5.17. The van der Waals surface area contributed by atoms with Gasteiger partial charge in [-0.25, -0.2) is 4.39 Å². The minimum Gasteiger partial charge on any atom is -0.390 e. The average Bonchev–Trinajstić information content (AvgIpc) is 2.12. The predicted molar refractivity (Wildman–Crippen MR) is 49.4 cm³/mol. The lowest BCUT2D eigenvalue weighted by Gasteiger charge is -2.28. The molecule has 2 nitrogen and oxygen atoms in total. The van der Waals surface area contributed by atoms with Gasteiger partial charge in [0, 0.05) is 13.0 Å². The molecule has 1 N–H and O–H groups in total. The van der Waals surface area contributed by atoms with Gasteiger partial charge in [0.05, 0.1) is 12.2 Å². The first kappa shape index (κ1) is 10.9. The highest BCUT2D eigenvalue weighted by Crippen LogP contribution is 2.24. The van der Waals surface area contributed by atoms with Gasteiger partial charge in [-0.1, -0.05) is 13.3 Å². The topological polar surface area (TPSA) is 29.5 Å². The Kier molecular flexibility index (Phi) is 4.67. The Bertz CT molecular complexity index is 141. The molecule has 0 saturated heterocycles. The summed E-state index contributed by atoms with van der Waals surface area (Å²) in [6.45, 7) is 2.83. The summed E-state index contributed by atoms with van der Waals surface area (Å²) in [5.41, 5.74) is 0. The molecule has 1 saturated carbocycles. The van der Waals surface area contributed by atoms with Crippen LogP contribution in [0.15, 0.2) is 0 Å². The van der Waals surface area contributed by atoms with Crippen LogP contribution in [0.3, 0.4) is 0 Å². The summed E-state index contributed by atoms with van der Waals surface area (Å²) in [7, 11) is 0. The zero-order valence-electron chi connectivity index (χ0n) is 8.21. The molecule has 1 aliphatic carbocycles. The first-order chi connectivity index (χ1) is 6.24. The van der Waals surface area contributed by atoms with Crippen molar-refractivity contribution in [2.45, 2.75) is 57.4 Å². The summed E-state index contributed by atoms with van der Waals surface area (Å²) in [6, 6.07) is 0. The van der Waals surface area contributed by atoms with E-state index in [4.69, 9.17) is 9.84 Å². The van der Waals surface area contributed by atoms with Gasteiger partial charge in [0.1, 0.15) is 6.17 Å². The van der Waals surface area contributed by atoms with Crippen LogP contribution in [0.2, 0.25) is 0 Å². The van der Waals surface area contributed by atoms with Crippen LogP contribution in [0.5, 0.6) is 0 Å². The molecule has 1 aliphatic rings. The number of rotatable bonds is 4. The molecule has 3 atom stereocenters. The second kappa shape index (κ2) is 5.55. The molecule has 0 amide bonds. The Morgan fingerprint density at radius 3 is 2.85 bits per heavy atom. The van der Waals surface area contributed by atoms with Crippen molar-refractivity contribution in [3.05, 3.63) is 0 Å². The van der Waals surface area contributed by atoms with Crippen molar-refractivity contribution >= 4 is 0 Å². The van der Waals surface area contributed by atoms with E-state index in [0.717, 1.165) is 25.9 Å². The summed E-state index contributed by atoms with van der Waals surface area (Å²) >= 11 is 0. The van der Waals surface area contributed by atoms with Crippen molar-refractivity contribution in [1.29, 1.82) is 0 Å². The summed E-state index contributed by atoms with van der Waals surface area (Å²) in [5.74, 6) is 0. The average molecular weight is 190 g/mol. The van der Waals surface area contributed by atoms with Crippen LogP contribution in [0.1, 0.15) is 39.0 Å². The molecule has 0 radical (unpaired) electrons. The Hall–Kier alpha value is -0.150. The van der Waals surface area contributed by atoms with Gasteiger partial charge < -0.3 is 9.84 Å². The lowest BCUT2D eigenvalue weighted by Crippen LogP contribution is -2.34. The molecule has 1 rings (SSSR count). The van der Waals surface area contributed by atoms with Gasteiger partial charge in [0.15, 0.2) is 0 Å². The molecule has 0 heterocycles. The minimum atomic E-state index is -1.08. The zero-order chi connectivity index (χ0) is 9.68. The van der Waals surface area contributed by atoms with E-state index in [-0.39, 0.29) is 6.10 Å². The van der Waals surface area contributed by atoms with Crippen LogP contribution in [0.25, 0.3) is 0 Å². The fraction of sp³-hybridized carbons (Fsp3) is 1.00. The van der Waals surface area contributed by atoms with Gasteiger partial charge in [0.2, 0.25) is 0 Å². The van der Waals surface area contributed by atoms with E-state index < -0.39 is 12.3 Å². The Balaban J connectivity index is 2.14. The smallest absolute Gasteiger partial charge is 0.128 e. The van der Waals surface area contributed by atoms with Crippen LogP contribution < -0.4 is 0 Å². The highest BCUT2D eigenvalue weighted by molar-refractivity contribution is 4.79. The lowest BCUT2D eigenvalue weighted by atomic mass is 9.93. The maximum Gasteiger partial charge on any atom is 0.128 e. The van der Waals surface area contributed by atoms with Gasteiger partial charge in [-0.2, -0.15) is 0 Å². The number of halogens is 1.